The first-order chi connectivity index (χ1) is 15.0. The number of nitrogens with one attached hydrogen (secondary N) is 1. The van der Waals surface area contributed by atoms with Crippen LogP contribution in [-0.2, 0) is 11.3 Å². The van der Waals surface area contributed by atoms with Crippen molar-refractivity contribution < 1.29 is 14.6 Å². The number of hydrazone groups is 1. The molecule has 0 bridgehead atoms. The molecule has 3 aromatic rings. The fourth-order valence-corrected chi connectivity index (χ4v) is 3.67. The second-order valence-corrected chi connectivity index (χ2v) is 7.65. The summed E-state index contributed by atoms with van der Waals surface area (Å²) in [7, 11) is 0. The molecule has 3 rings (SSSR count). The molecule has 162 valence electrons. The van der Waals surface area contributed by atoms with Crippen LogP contribution in [0.5, 0.6) is 11.5 Å². The smallest absolute Gasteiger partial charge is 0.250 e. The number of amides is 1. The summed E-state index contributed by atoms with van der Waals surface area (Å²) >= 11 is 7.22. The number of hydrogen-bond donors (Lipinski definition) is 2. The van der Waals surface area contributed by atoms with Crippen molar-refractivity contribution in [3.05, 3.63) is 53.1 Å². The summed E-state index contributed by atoms with van der Waals surface area (Å²) in [5, 5.41) is 23.8. The molecule has 8 nitrogen and oxygen atoms in total. The van der Waals surface area contributed by atoms with Crippen LogP contribution in [0.15, 0.2) is 52.7 Å². The second-order valence-electron chi connectivity index (χ2n) is 6.27. The third-order valence-electron chi connectivity index (χ3n) is 4.19. The number of halogens is 1. The predicted molar refractivity (Wildman–Crippen MR) is 122 cm³/mol. The van der Waals surface area contributed by atoms with E-state index in [0.717, 1.165) is 5.56 Å². The number of thioether (sulfide) groups is 1. The number of aromatic hydroxyl groups is 1. The lowest BCUT2D eigenvalue weighted by molar-refractivity contribution is -0.118. The number of nitrogens with zero attached hydrogens (tertiary/aromatic N) is 4. The molecule has 0 saturated heterocycles. The zero-order valence-corrected chi connectivity index (χ0v) is 18.7. The molecule has 0 radical (unpaired) electrons. The molecule has 31 heavy (non-hydrogen) atoms. The van der Waals surface area contributed by atoms with Crippen LogP contribution >= 0.6 is 23.4 Å². The van der Waals surface area contributed by atoms with Gasteiger partial charge in [0.25, 0.3) is 5.91 Å². The fraction of sp³-hybridized carbons (Fsp3) is 0.238. The molecular weight excluding hydrogens is 438 g/mol. The van der Waals surface area contributed by atoms with Gasteiger partial charge in [0, 0.05) is 22.7 Å². The van der Waals surface area contributed by atoms with Gasteiger partial charge in [0.1, 0.15) is 0 Å². The highest BCUT2D eigenvalue weighted by molar-refractivity contribution is 7.99. The van der Waals surface area contributed by atoms with Gasteiger partial charge in [-0.3, -0.25) is 4.79 Å². The van der Waals surface area contributed by atoms with Crippen molar-refractivity contribution >= 4 is 35.5 Å². The molecule has 0 aliphatic carbocycles. The minimum Gasteiger partial charge on any atom is -0.504 e. The Kier molecular flexibility index (Phi) is 7.91. The fourth-order valence-electron chi connectivity index (χ4n) is 2.74. The number of phenols is 1. The number of aromatic nitrogens is 3. The van der Waals surface area contributed by atoms with E-state index < -0.39 is 0 Å². The topological polar surface area (TPSA) is 102 Å². The normalized spacial score (nSPS) is 11.1. The van der Waals surface area contributed by atoms with Crippen molar-refractivity contribution in [2.45, 2.75) is 25.5 Å². The molecule has 0 unspecified atom stereocenters. The van der Waals surface area contributed by atoms with E-state index in [9.17, 15) is 9.90 Å². The van der Waals surface area contributed by atoms with E-state index in [1.165, 1.54) is 18.0 Å². The highest BCUT2D eigenvalue weighted by Crippen LogP contribution is 2.28. The van der Waals surface area contributed by atoms with E-state index in [1.54, 1.807) is 30.3 Å². The second kappa shape index (κ2) is 10.8. The van der Waals surface area contributed by atoms with Gasteiger partial charge < -0.3 is 14.4 Å². The van der Waals surface area contributed by atoms with E-state index in [4.69, 9.17) is 16.3 Å². The van der Waals surface area contributed by atoms with Crippen molar-refractivity contribution in [3.8, 4) is 22.9 Å². The van der Waals surface area contributed by atoms with Gasteiger partial charge in [0.05, 0.1) is 18.6 Å². The highest BCUT2D eigenvalue weighted by atomic mass is 35.5. The van der Waals surface area contributed by atoms with E-state index in [1.807, 2.05) is 30.5 Å². The minimum absolute atomic E-state index is 0.0255. The van der Waals surface area contributed by atoms with E-state index >= 15 is 0 Å². The van der Waals surface area contributed by atoms with Crippen LogP contribution in [0.25, 0.3) is 11.4 Å². The van der Waals surface area contributed by atoms with Gasteiger partial charge in [-0.15, -0.1) is 10.2 Å². The van der Waals surface area contributed by atoms with Crippen molar-refractivity contribution in [3.63, 3.8) is 0 Å². The third kappa shape index (κ3) is 5.77. The van der Waals surface area contributed by atoms with Crippen LogP contribution in [-0.4, -0.2) is 44.4 Å². The zero-order chi connectivity index (χ0) is 22.2. The lowest BCUT2D eigenvalue weighted by Gasteiger charge is -2.07. The van der Waals surface area contributed by atoms with Gasteiger partial charge in [0.15, 0.2) is 22.5 Å². The molecule has 0 fully saturated rings. The standard InChI is InChI=1S/C21H22ClN5O3S/c1-3-27-20(14-8-10-16(22)11-9-14)25-26-21(27)31-13-18(28)24-23-12-15-6-5-7-17(19(15)29)30-4-2/h5-12,29H,3-4,13H2,1-2H3,(H,24,28). The number of carbonyl (C=O) groups is 1. The summed E-state index contributed by atoms with van der Waals surface area (Å²) in [4.78, 5) is 12.2. The van der Waals surface area contributed by atoms with E-state index in [2.05, 4.69) is 20.7 Å². The zero-order valence-electron chi connectivity index (χ0n) is 17.1. The molecular formula is C21H22ClN5O3S. The summed E-state index contributed by atoms with van der Waals surface area (Å²) in [5.74, 6) is 0.859. The molecule has 0 aliphatic heterocycles. The Balaban J connectivity index is 1.60. The molecule has 1 heterocycles. The van der Waals surface area contributed by atoms with E-state index in [-0.39, 0.29) is 17.4 Å². The Morgan fingerprint density at radius 1 is 1.26 bits per heavy atom. The maximum absolute atomic E-state index is 12.2. The number of hydrogen-bond acceptors (Lipinski definition) is 7. The molecule has 0 saturated carbocycles. The highest BCUT2D eigenvalue weighted by Gasteiger charge is 2.14. The van der Waals surface area contributed by atoms with Crippen LogP contribution in [0.1, 0.15) is 19.4 Å². The Morgan fingerprint density at radius 3 is 2.74 bits per heavy atom. The first kappa shape index (κ1) is 22.6. The number of rotatable bonds is 9. The van der Waals surface area contributed by atoms with Crippen LogP contribution in [0.3, 0.4) is 0 Å². The largest absolute Gasteiger partial charge is 0.504 e. The average Bonchev–Trinajstić information content (AvgIpc) is 3.18. The lowest BCUT2D eigenvalue weighted by Crippen LogP contribution is -2.20. The maximum Gasteiger partial charge on any atom is 0.250 e. The number of para-hydroxylation sites is 1. The SMILES string of the molecule is CCOc1cccc(C=NNC(=O)CSc2nnc(-c3ccc(Cl)cc3)n2CC)c1O. The Morgan fingerprint density at radius 2 is 2.03 bits per heavy atom. The summed E-state index contributed by atoms with van der Waals surface area (Å²) < 4.78 is 7.26. The molecule has 2 N–H and O–H groups in total. The van der Waals surface area contributed by atoms with Gasteiger partial charge in [0.2, 0.25) is 0 Å². The van der Waals surface area contributed by atoms with Crippen LogP contribution in [0.2, 0.25) is 5.02 Å². The summed E-state index contributed by atoms with van der Waals surface area (Å²) in [6.07, 6.45) is 1.37. The van der Waals surface area contributed by atoms with E-state index in [0.29, 0.717) is 40.5 Å². The van der Waals surface area contributed by atoms with Gasteiger partial charge in [-0.1, -0.05) is 29.4 Å². The molecule has 2 aromatic carbocycles. The number of ether oxygens (including phenoxy) is 1. The number of benzene rings is 2. The first-order valence-electron chi connectivity index (χ1n) is 9.62. The number of carbonyl (C=O) groups excluding carboxylic acids is 1. The molecule has 0 spiro atoms. The molecule has 1 aromatic heterocycles. The minimum atomic E-state index is -0.305. The van der Waals surface area contributed by atoms with Crippen LogP contribution in [0.4, 0.5) is 0 Å². The third-order valence-corrected chi connectivity index (χ3v) is 5.41. The maximum atomic E-state index is 12.2. The molecule has 10 heteroatoms. The van der Waals surface area contributed by atoms with Crippen LogP contribution < -0.4 is 10.2 Å². The average molecular weight is 460 g/mol. The van der Waals surface area contributed by atoms with Crippen LogP contribution in [0, 0.1) is 0 Å². The first-order valence-corrected chi connectivity index (χ1v) is 11.0. The summed E-state index contributed by atoms with van der Waals surface area (Å²) in [5.41, 5.74) is 3.79. The molecule has 0 atom stereocenters. The Labute approximate surface area is 189 Å². The quantitative estimate of drug-likeness (QED) is 0.285. The monoisotopic (exact) mass is 459 g/mol. The van der Waals surface area contributed by atoms with Crippen molar-refractivity contribution in [2.24, 2.45) is 5.10 Å². The van der Waals surface area contributed by atoms with Gasteiger partial charge in [-0.25, -0.2) is 5.43 Å². The predicted octanol–water partition coefficient (Wildman–Crippen LogP) is 3.97. The van der Waals surface area contributed by atoms with Gasteiger partial charge >= 0.3 is 0 Å². The van der Waals surface area contributed by atoms with Crippen molar-refractivity contribution in [1.29, 1.82) is 0 Å². The summed E-state index contributed by atoms with van der Waals surface area (Å²) in [6, 6.07) is 12.4. The summed E-state index contributed by atoms with van der Waals surface area (Å²) in [6.45, 7) is 4.91. The van der Waals surface area contributed by atoms with Crippen molar-refractivity contribution in [2.75, 3.05) is 12.4 Å². The lowest BCUT2D eigenvalue weighted by atomic mass is 10.2. The van der Waals surface area contributed by atoms with Crippen molar-refractivity contribution in [1.82, 2.24) is 20.2 Å². The molecule has 1 amide bonds. The molecule has 0 aliphatic rings. The number of phenolic OH excluding ortho intramolecular Hbond substituents is 1. The van der Waals surface area contributed by atoms with Gasteiger partial charge in [-0.05, 0) is 50.2 Å². The Hall–Kier alpha value is -3.04. The Bertz CT molecular complexity index is 1070. The van der Waals surface area contributed by atoms with Gasteiger partial charge in [-0.2, -0.15) is 5.10 Å².